The number of hydrogen-bond acceptors (Lipinski definition) is 4. The van der Waals surface area contributed by atoms with Crippen LogP contribution in [0.25, 0.3) is 0 Å². The minimum atomic E-state index is -4.17. The highest BCUT2D eigenvalue weighted by atomic mass is 32.2. The fraction of sp³-hybridized carbons (Fsp3) is 0.300. The van der Waals surface area contributed by atoms with Crippen LogP contribution in [0.3, 0.4) is 0 Å². The van der Waals surface area contributed by atoms with Crippen molar-refractivity contribution in [3.63, 3.8) is 0 Å². The number of amides is 2. The van der Waals surface area contributed by atoms with E-state index in [2.05, 4.69) is 10.6 Å². The van der Waals surface area contributed by atoms with Crippen molar-refractivity contribution in [2.45, 2.75) is 25.3 Å². The number of aryl methyl sites for hydroxylation is 1. The molecule has 0 bridgehead atoms. The van der Waals surface area contributed by atoms with E-state index in [1.165, 1.54) is 0 Å². The average molecular weight is 404 g/mol. The van der Waals surface area contributed by atoms with Crippen LogP contribution in [-0.2, 0) is 32.5 Å². The molecule has 0 aliphatic carbocycles. The number of benzene rings is 2. The quantitative estimate of drug-likeness (QED) is 0.518. The van der Waals surface area contributed by atoms with Gasteiger partial charge in [-0.2, -0.15) is 8.42 Å². The first-order valence-corrected chi connectivity index (χ1v) is 10.5. The molecule has 8 heteroatoms. The van der Waals surface area contributed by atoms with E-state index in [0.29, 0.717) is 6.42 Å². The third-order valence-corrected chi connectivity index (χ3v) is 4.80. The van der Waals surface area contributed by atoms with Crippen LogP contribution in [0.15, 0.2) is 60.7 Å². The summed E-state index contributed by atoms with van der Waals surface area (Å²) < 4.78 is 30.4. The van der Waals surface area contributed by atoms with Crippen molar-refractivity contribution in [1.82, 2.24) is 10.6 Å². The van der Waals surface area contributed by atoms with E-state index in [0.717, 1.165) is 11.1 Å². The molecule has 3 N–H and O–H groups in total. The number of hydrogen-bond donors (Lipinski definition) is 3. The van der Waals surface area contributed by atoms with Gasteiger partial charge in [-0.15, -0.1) is 0 Å². The summed E-state index contributed by atoms with van der Waals surface area (Å²) in [6.45, 7) is -0.233. The topological polar surface area (TPSA) is 113 Å². The lowest BCUT2D eigenvalue weighted by molar-refractivity contribution is -0.128. The van der Waals surface area contributed by atoms with Gasteiger partial charge in [0.15, 0.2) is 0 Å². The standard InChI is InChI=1S/C20H24N2O5S/c23-19(12-11-16-7-3-1-4-8-16)22-18(15-17-9-5-2-6-10-17)20(24)21-13-14-28(25,26)27/h1-10,18H,11-15H2,(H,21,24)(H,22,23)(H,25,26,27). The zero-order chi connectivity index (χ0) is 20.4. The van der Waals surface area contributed by atoms with Gasteiger partial charge in [0.05, 0.1) is 5.75 Å². The second-order valence-electron chi connectivity index (χ2n) is 6.37. The Labute approximate surface area is 164 Å². The number of carbonyl (C=O) groups excluding carboxylic acids is 2. The van der Waals surface area contributed by atoms with Crippen molar-refractivity contribution >= 4 is 21.9 Å². The van der Waals surface area contributed by atoms with Crippen LogP contribution in [0.1, 0.15) is 17.5 Å². The van der Waals surface area contributed by atoms with E-state index < -0.39 is 27.8 Å². The fourth-order valence-corrected chi connectivity index (χ4v) is 3.01. The Morgan fingerprint density at radius 2 is 1.50 bits per heavy atom. The molecule has 2 rings (SSSR count). The van der Waals surface area contributed by atoms with Gasteiger partial charge < -0.3 is 10.6 Å². The molecule has 0 aliphatic heterocycles. The Morgan fingerprint density at radius 3 is 2.07 bits per heavy atom. The molecule has 2 aromatic rings. The van der Waals surface area contributed by atoms with Crippen LogP contribution in [-0.4, -0.2) is 43.1 Å². The van der Waals surface area contributed by atoms with Crippen LogP contribution >= 0.6 is 0 Å². The second-order valence-corrected chi connectivity index (χ2v) is 7.94. The highest BCUT2D eigenvalue weighted by Gasteiger charge is 2.21. The van der Waals surface area contributed by atoms with Crippen LogP contribution < -0.4 is 10.6 Å². The maximum Gasteiger partial charge on any atom is 0.266 e. The first kappa shape index (κ1) is 21.6. The maximum absolute atomic E-state index is 12.4. The summed E-state index contributed by atoms with van der Waals surface area (Å²) in [6.07, 6.45) is 1.05. The van der Waals surface area contributed by atoms with Gasteiger partial charge in [0, 0.05) is 19.4 Å². The van der Waals surface area contributed by atoms with Crippen molar-refractivity contribution in [2.24, 2.45) is 0 Å². The van der Waals surface area contributed by atoms with Gasteiger partial charge >= 0.3 is 0 Å². The molecule has 7 nitrogen and oxygen atoms in total. The zero-order valence-corrected chi connectivity index (χ0v) is 16.2. The molecule has 150 valence electrons. The Hall–Kier alpha value is -2.71. The summed E-state index contributed by atoms with van der Waals surface area (Å²) >= 11 is 0. The molecule has 0 aliphatic rings. The molecule has 28 heavy (non-hydrogen) atoms. The van der Waals surface area contributed by atoms with E-state index in [-0.39, 0.29) is 25.3 Å². The van der Waals surface area contributed by atoms with E-state index in [1.807, 2.05) is 60.7 Å². The molecule has 0 aromatic heterocycles. The van der Waals surface area contributed by atoms with Gasteiger partial charge in [0.1, 0.15) is 6.04 Å². The molecule has 0 saturated carbocycles. The average Bonchev–Trinajstić information content (AvgIpc) is 2.66. The van der Waals surface area contributed by atoms with E-state index in [9.17, 15) is 18.0 Å². The Kier molecular flexibility index (Phi) is 8.16. The van der Waals surface area contributed by atoms with Crippen molar-refractivity contribution < 1.29 is 22.6 Å². The summed E-state index contributed by atoms with van der Waals surface area (Å²) in [4.78, 5) is 24.8. The Bertz CT molecular complexity index is 870. The minimum Gasteiger partial charge on any atom is -0.353 e. The highest BCUT2D eigenvalue weighted by molar-refractivity contribution is 7.85. The summed E-state index contributed by atoms with van der Waals surface area (Å²) in [5.74, 6) is -1.35. The molecule has 0 fully saturated rings. The van der Waals surface area contributed by atoms with Gasteiger partial charge in [-0.05, 0) is 17.5 Å². The van der Waals surface area contributed by atoms with E-state index in [4.69, 9.17) is 4.55 Å². The van der Waals surface area contributed by atoms with Crippen LogP contribution in [0.4, 0.5) is 0 Å². The van der Waals surface area contributed by atoms with E-state index in [1.54, 1.807) is 0 Å². The first-order valence-electron chi connectivity index (χ1n) is 8.93. The van der Waals surface area contributed by atoms with Gasteiger partial charge in [0.25, 0.3) is 10.1 Å². The first-order chi connectivity index (χ1) is 13.3. The Morgan fingerprint density at radius 1 is 0.929 bits per heavy atom. The Balaban J connectivity index is 1.96. The van der Waals surface area contributed by atoms with Crippen molar-refractivity contribution in [3.05, 3.63) is 71.8 Å². The zero-order valence-electron chi connectivity index (χ0n) is 15.4. The fourth-order valence-electron chi connectivity index (χ4n) is 2.65. The van der Waals surface area contributed by atoms with Crippen molar-refractivity contribution in [2.75, 3.05) is 12.3 Å². The molecule has 1 unspecified atom stereocenters. The van der Waals surface area contributed by atoms with Gasteiger partial charge in [-0.25, -0.2) is 0 Å². The third-order valence-electron chi connectivity index (χ3n) is 4.08. The predicted octanol–water partition coefficient (Wildman–Crippen LogP) is 1.35. The highest BCUT2D eigenvalue weighted by Crippen LogP contribution is 2.06. The molecular formula is C20H24N2O5S. The number of carbonyl (C=O) groups is 2. The second kappa shape index (κ2) is 10.6. The lowest BCUT2D eigenvalue weighted by atomic mass is 10.0. The number of nitrogens with one attached hydrogen (secondary N) is 2. The van der Waals surface area contributed by atoms with Crippen molar-refractivity contribution in [1.29, 1.82) is 0 Å². The SMILES string of the molecule is O=C(CCc1ccccc1)NC(Cc1ccccc1)C(=O)NCCS(=O)(=O)O. The van der Waals surface area contributed by atoms with E-state index >= 15 is 0 Å². The van der Waals surface area contributed by atoms with Crippen LogP contribution in [0, 0.1) is 0 Å². The molecule has 0 radical (unpaired) electrons. The molecule has 2 amide bonds. The normalized spacial score (nSPS) is 12.2. The third kappa shape index (κ3) is 8.32. The molecular weight excluding hydrogens is 380 g/mol. The molecule has 2 aromatic carbocycles. The molecule has 1 atom stereocenters. The van der Waals surface area contributed by atoms with Crippen LogP contribution in [0.5, 0.6) is 0 Å². The van der Waals surface area contributed by atoms with Gasteiger partial charge in [0.2, 0.25) is 11.8 Å². The number of rotatable bonds is 10. The summed E-state index contributed by atoms with van der Waals surface area (Å²) in [6, 6.07) is 17.9. The predicted molar refractivity (Wildman–Crippen MR) is 106 cm³/mol. The molecule has 0 spiro atoms. The van der Waals surface area contributed by atoms with Gasteiger partial charge in [-0.3, -0.25) is 14.1 Å². The smallest absolute Gasteiger partial charge is 0.266 e. The minimum absolute atomic E-state index is 0.230. The largest absolute Gasteiger partial charge is 0.353 e. The van der Waals surface area contributed by atoms with Gasteiger partial charge in [-0.1, -0.05) is 60.7 Å². The van der Waals surface area contributed by atoms with Crippen LogP contribution in [0.2, 0.25) is 0 Å². The molecule has 0 saturated heterocycles. The lowest BCUT2D eigenvalue weighted by Crippen LogP contribution is -2.48. The summed E-state index contributed by atoms with van der Waals surface area (Å²) in [7, 11) is -4.17. The van der Waals surface area contributed by atoms with Crippen molar-refractivity contribution in [3.8, 4) is 0 Å². The lowest BCUT2D eigenvalue weighted by Gasteiger charge is -2.18. The maximum atomic E-state index is 12.4. The molecule has 0 heterocycles. The monoisotopic (exact) mass is 404 g/mol. The summed E-state index contributed by atoms with van der Waals surface area (Å²) in [5, 5.41) is 5.17. The summed E-state index contributed by atoms with van der Waals surface area (Å²) in [5.41, 5.74) is 1.88.